The van der Waals surface area contributed by atoms with Crippen molar-refractivity contribution in [2.24, 2.45) is 11.7 Å². The lowest BCUT2D eigenvalue weighted by molar-refractivity contribution is 0.0894. The van der Waals surface area contributed by atoms with Crippen LogP contribution in [-0.4, -0.2) is 18.0 Å². The largest absolute Gasteiger partial charge is 0.346 e. The molecule has 0 saturated heterocycles. The topological polar surface area (TPSA) is 55.1 Å². The summed E-state index contributed by atoms with van der Waals surface area (Å²) in [7, 11) is 0. The third-order valence-electron chi connectivity index (χ3n) is 2.90. The van der Waals surface area contributed by atoms with Crippen molar-refractivity contribution in [2.45, 2.75) is 32.7 Å². The van der Waals surface area contributed by atoms with E-state index in [0.29, 0.717) is 16.9 Å². The molecule has 1 aromatic rings. The second kappa shape index (κ2) is 7.96. The van der Waals surface area contributed by atoms with Crippen LogP contribution in [0.1, 0.15) is 37.6 Å². The van der Waals surface area contributed by atoms with Gasteiger partial charge in [0.25, 0.3) is 5.91 Å². The zero-order valence-electron chi connectivity index (χ0n) is 11.9. The van der Waals surface area contributed by atoms with Crippen LogP contribution in [-0.2, 0) is 0 Å². The summed E-state index contributed by atoms with van der Waals surface area (Å²) in [5.74, 6) is -0.585. The van der Waals surface area contributed by atoms with Gasteiger partial charge in [0, 0.05) is 16.6 Å². The zero-order chi connectivity index (χ0) is 14.6. The predicted octanol–water partition coefficient (Wildman–Crippen LogP) is 3.50. The minimum Gasteiger partial charge on any atom is -0.346 e. The van der Waals surface area contributed by atoms with E-state index in [1.54, 1.807) is 6.07 Å². The molecule has 0 fully saturated rings. The van der Waals surface area contributed by atoms with Crippen LogP contribution in [0.3, 0.4) is 0 Å². The molecule has 0 bridgehead atoms. The minimum absolute atomic E-state index is 0. The van der Waals surface area contributed by atoms with E-state index >= 15 is 0 Å². The molecule has 1 unspecified atom stereocenters. The molecule has 1 aromatic carbocycles. The van der Waals surface area contributed by atoms with Crippen LogP contribution >= 0.6 is 28.3 Å². The van der Waals surface area contributed by atoms with Crippen molar-refractivity contribution in [1.29, 1.82) is 0 Å². The van der Waals surface area contributed by atoms with E-state index in [2.05, 4.69) is 35.1 Å². The van der Waals surface area contributed by atoms with E-state index in [9.17, 15) is 9.18 Å². The fraction of sp³-hybridized carbons (Fsp3) is 0.500. The van der Waals surface area contributed by atoms with Gasteiger partial charge in [0.05, 0.1) is 5.56 Å². The van der Waals surface area contributed by atoms with E-state index in [1.807, 2.05) is 6.92 Å². The number of hydrogen-bond acceptors (Lipinski definition) is 2. The first-order valence-electron chi connectivity index (χ1n) is 6.25. The normalized spacial score (nSPS) is 13.6. The van der Waals surface area contributed by atoms with Gasteiger partial charge in [-0.1, -0.05) is 29.8 Å². The number of nitrogens with one attached hydrogen (secondary N) is 1. The first-order valence-corrected chi connectivity index (χ1v) is 7.04. The molecule has 1 atom stereocenters. The molecule has 114 valence electrons. The molecule has 0 saturated carbocycles. The highest BCUT2D eigenvalue weighted by atomic mass is 79.9. The molecule has 1 rings (SSSR count). The number of benzene rings is 1. The summed E-state index contributed by atoms with van der Waals surface area (Å²) in [6.07, 6.45) is 0.741. The highest BCUT2D eigenvalue weighted by Gasteiger charge is 2.27. The van der Waals surface area contributed by atoms with Crippen LogP contribution in [0.2, 0.25) is 0 Å². The van der Waals surface area contributed by atoms with Gasteiger partial charge in [-0.25, -0.2) is 4.39 Å². The van der Waals surface area contributed by atoms with Crippen molar-refractivity contribution in [2.75, 3.05) is 6.54 Å². The van der Waals surface area contributed by atoms with E-state index in [4.69, 9.17) is 5.73 Å². The average molecular weight is 368 g/mol. The highest BCUT2D eigenvalue weighted by Crippen LogP contribution is 2.19. The highest BCUT2D eigenvalue weighted by molar-refractivity contribution is 9.10. The summed E-state index contributed by atoms with van der Waals surface area (Å²) >= 11 is 3.23. The van der Waals surface area contributed by atoms with Gasteiger partial charge in [-0.15, -0.1) is 12.4 Å². The van der Waals surface area contributed by atoms with Crippen LogP contribution in [0.5, 0.6) is 0 Å². The van der Waals surface area contributed by atoms with Crippen LogP contribution in [0.4, 0.5) is 4.39 Å². The number of amides is 1. The van der Waals surface area contributed by atoms with Crippen LogP contribution in [0.15, 0.2) is 22.7 Å². The summed E-state index contributed by atoms with van der Waals surface area (Å²) in [5, 5.41) is 2.83. The third-order valence-corrected chi connectivity index (χ3v) is 3.39. The Labute approximate surface area is 134 Å². The summed E-state index contributed by atoms with van der Waals surface area (Å²) in [6.45, 7) is 6.30. The fourth-order valence-corrected chi connectivity index (χ4v) is 2.46. The van der Waals surface area contributed by atoms with Gasteiger partial charge in [0.1, 0.15) is 5.82 Å². The lowest BCUT2D eigenvalue weighted by atomic mass is 9.90. The molecule has 1 amide bonds. The van der Waals surface area contributed by atoms with Crippen LogP contribution in [0.25, 0.3) is 0 Å². The first kappa shape index (κ1) is 19.4. The maximum atomic E-state index is 13.6. The molecular weight excluding hydrogens is 347 g/mol. The van der Waals surface area contributed by atoms with Crippen LogP contribution in [0, 0.1) is 11.7 Å². The molecule has 6 heteroatoms. The number of nitrogens with two attached hydrogens (primary N) is 1. The molecule has 0 radical (unpaired) electrons. The molecule has 0 aliphatic rings. The molecule has 0 aliphatic heterocycles. The number of carbonyl (C=O) groups is 1. The van der Waals surface area contributed by atoms with E-state index in [0.717, 1.165) is 6.42 Å². The maximum absolute atomic E-state index is 13.6. The maximum Gasteiger partial charge on any atom is 0.254 e. The van der Waals surface area contributed by atoms with Gasteiger partial charge in [-0.3, -0.25) is 4.79 Å². The van der Waals surface area contributed by atoms with Crippen molar-refractivity contribution in [3.63, 3.8) is 0 Å². The van der Waals surface area contributed by atoms with Gasteiger partial charge in [0.15, 0.2) is 0 Å². The minimum atomic E-state index is -0.537. The van der Waals surface area contributed by atoms with Gasteiger partial charge >= 0.3 is 0 Å². The van der Waals surface area contributed by atoms with E-state index in [-0.39, 0.29) is 18.0 Å². The average Bonchev–Trinajstić information content (AvgIpc) is 2.31. The van der Waals surface area contributed by atoms with Crippen LogP contribution < -0.4 is 11.1 Å². The lowest BCUT2D eigenvalue weighted by Crippen LogP contribution is -2.52. The summed E-state index contributed by atoms with van der Waals surface area (Å²) in [4.78, 5) is 12.1. The Kier molecular flexibility index (Phi) is 7.70. The summed E-state index contributed by atoms with van der Waals surface area (Å²) < 4.78 is 14.3. The number of halogens is 3. The van der Waals surface area contributed by atoms with Gasteiger partial charge in [-0.2, -0.15) is 0 Å². The zero-order valence-corrected chi connectivity index (χ0v) is 14.3. The predicted molar refractivity (Wildman–Crippen MR) is 85.7 cm³/mol. The summed E-state index contributed by atoms with van der Waals surface area (Å²) in [5.41, 5.74) is 5.23. The molecule has 0 aliphatic carbocycles. The van der Waals surface area contributed by atoms with Gasteiger partial charge in [0.2, 0.25) is 0 Å². The summed E-state index contributed by atoms with van der Waals surface area (Å²) in [6, 6.07) is 4.29. The molecule has 3 N–H and O–H groups in total. The molecule has 3 nitrogen and oxygen atoms in total. The monoisotopic (exact) mass is 366 g/mol. The lowest BCUT2D eigenvalue weighted by Gasteiger charge is -2.31. The van der Waals surface area contributed by atoms with Crippen molar-refractivity contribution < 1.29 is 9.18 Å². The Balaban J connectivity index is 0.00000361. The van der Waals surface area contributed by atoms with Gasteiger partial charge in [-0.05, 0) is 37.5 Å². The molecule has 0 aromatic heterocycles. The Morgan fingerprint density at radius 1 is 1.50 bits per heavy atom. The second-order valence-electron chi connectivity index (χ2n) is 5.44. The number of hydrogen-bond donors (Lipinski definition) is 2. The van der Waals surface area contributed by atoms with Crippen molar-refractivity contribution in [1.82, 2.24) is 5.32 Å². The van der Waals surface area contributed by atoms with E-state index < -0.39 is 17.3 Å². The Morgan fingerprint density at radius 3 is 2.60 bits per heavy atom. The second-order valence-corrected chi connectivity index (χ2v) is 6.36. The quantitative estimate of drug-likeness (QED) is 0.837. The molecule has 0 heterocycles. The van der Waals surface area contributed by atoms with Crippen molar-refractivity contribution >= 4 is 34.2 Å². The first-order chi connectivity index (χ1) is 8.77. The smallest absolute Gasteiger partial charge is 0.254 e. The Hall–Kier alpha value is -0.650. The molecular formula is C14H21BrClFN2O. The molecule has 0 spiro atoms. The standard InChI is InChI=1S/C14H20BrFN2O.ClH/c1-9(2)7-14(3,8-17)18-13(19)11-6-10(15)4-5-12(11)16;/h4-6,9H,7-8,17H2,1-3H3,(H,18,19);1H. The number of rotatable bonds is 5. The Morgan fingerprint density at radius 2 is 2.10 bits per heavy atom. The van der Waals surface area contributed by atoms with Crippen molar-refractivity contribution in [3.05, 3.63) is 34.1 Å². The fourth-order valence-electron chi connectivity index (χ4n) is 2.10. The SMILES string of the molecule is CC(C)CC(C)(CN)NC(=O)c1cc(Br)ccc1F.Cl. The van der Waals surface area contributed by atoms with Gasteiger partial charge < -0.3 is 11.1 Å². The Bertz CT molecular complexity index is 470. The van der Waals surface area contributed by atoms with Crippen molar-refractivity contribution in [3.8, 4) is 0 Å². The van der Waals surface area contributed by atoms with E-state index in [1.165, 1.54) is 12.1 Å². The molecule has 20 heavy (non-hydrogen) atoms. The number of carbonyl (C=O) groups excluding carboxylic acids is 1. The third kappa shape index (κ3) is 5.38.